The van der Waals surface area contributed by atoms with Crippen molar-refractivity contribution in [2.75, 3.05) is 0 Å². The van der Waals surface area contributed by atoms with E-state index in [1.807, 2.05) is 6.92 Å². The van der Waals surface area contributed by atoms with E-state index in [9.17, 15) is 21.6 Å². The van der Waals surface area contributed by atoms with Crippen molar-refractivity contribution < 1.29 is 21.6 Å². The molecule has 136 valence electrons. The Labute approximate surface area is 144 Å². The van der Waals surface area contributed by atoms with Crippen molar-refractivity contribution in [3.05, 3.63) is 64.7 Å². The minimum atomic E-state index is -4.51. The molecule has 0 fully saturated rings. The lowest BCUT2D eigenvalue weighted by atomic mass is 10.1. The van der Waals surface area contributed by atoms with E-state index in [-0.39, 0.29) is 23.0 Å². The van der Waals surface area contributed by atoms with Gasteiger partial charge in [0.2, 0.25) is 10.0 Å². The Morgan fingerprint density at radius 2 is 1.72 bits per heavy atom. The van der Waals surface area contributed by atoms with Crippen molar-refractivity contribution in [2.24, 2.45) is 5.73 Å². The fourth-order valence-electron chi connectivity index (χ4n) is 2.32. The number of benzene rings is 2. The fourth-order valence-corrected chi connectivity index (χ4v) is 3.56. The molecule has 8 heteroatoms. The summed E-state index contributed by atoms with van der Waals surface area (Å²) < 4.78 is 65.1. The summed E-state index contributed by atoms with van der Waals surface area (Å²) in [5, 5.41) is 0. The molecule has 0 aromatic heterocycles. The highest BCUT2D eigenvalue weighted by Gasteiger charge is 2.31. The van der Waals surface area contributed by atoms with Crippen LogP contribution in [-0.4, -0.2) is 8.42 Å². The molecule has 1 atom stereocenters. The van der Waals surface area contributed by atoms with Gasteiger partial charge in [-0.15, -0.1) is 0 Å². The summed E-state index contributed by atoms with van der Waals surface area (Å²) in [7, 11) is -3.92. The smallest absolute Gasteiger partial charge is 0.324 e. The molecule has 0 radical (unpaired) electrons. The Hall–Kier alpha value is -1.90. The van der Waals surface area contributed by atoms with Gasteiger partial charge in [0.05, 0.1) is 10.5 Å². The molecule has 0 spiro atoms. The van der Waals surface area contributed by atoms with Gasteiger partial charge in [-0.3, -0.25) is 0 Å². The predicted octanol–water partition coefficient (Wildman–Crippen LogP) is 3.51. The maximum Gasteiger partial charge on any atom is 0.416 e. The zero-order chi connectivity index (χ0) is 18.8. The molecular weight excluding hydrogens is 353 g/mol. The molecule has 0 saturated heterocycles. The van der Waals surface area contributed by atoms with E-state index in [1.165, 1.54) is 6.92 Å². The second kappa shape index (κ2) is 7.15. The molecule has 3 N–H and O–H groups in total. The number of hydrogen-bond acceptors (Lipinski definition) is 3. The number of halogens is 3. The number of aryl methyl sites for hydroxylation is 1. The lowest BCUT2D eigenvalue weighted by Gasteiger charge is -2.13. The van der Waals surface area contributed by atoms with Gasteiger partial charge in [0.15, 0.2) is 0 Å². The average Bonchev–Trinajstić information content (AvgIpc) is 2.52. The minimum absolute atomic E-state index is 0.0298. The highest BCUT2D eigenvalue weighted by atomic mass is 32.2. The lowest BCUT2D eigenvalue weighted by molar-refractivity contribution is -0.137. The molecule has 0 aliphatic heterocycles. The van der Waals surface area contributed by atoms with E-state index in [1.54, 1.807) is 24.3 Å². The first-order valence-corrected chi connectivity index (χ1v) is 9.01. The van der Waals surface area contributed by atoms with Crippen molar-refractivity contribution in [3.8, 4) is 0 Å². The summed E-state index contributed by atoms with van der Waals surface area (Å²) in [5.41, 5.74) is 6.55. The summed E-state index contributed by atoms with van der Waals surface area (Å²) >= 11 is 0. The Morgan fingerprint density at radius 3 is 2.20 bits per heavy atom. The highest BCUT2D eigenvalue weighted by Crippen LogP contribution is 2.31. The zero-order valence-electron chi connectivity index (χ0n) is 13.8. The van der Waals surface area contributed by atoms with Crippen molar-refractivity contribution in [1.82, 2.24) is 4.72 Å². The third-order valence-corrected chi connectivity index (χ3v) is 5.33. The van der Waals surface area contributed by atoms with Crippen LogP contribution < -0.4 is 10.5 Å². The Morgan fingerprint density at radius 1 is 1.12 bits per heavy atom. The predicted molar refractivity (Wildman–Crippen MR) is 89.3 cm³/mol. The van der Waals surface area contributed by atoms with Crippen LogP contribution in [0, 0.1) is 6.92 Å². The molecule has 0 aliphatic carbocycles. The monoisotopic (exact) mass is 372 g/mol. The number of rotatable bonds is 5. The molecular formula is C17H19F3N2O2S. The van der Waals surface area contributed by atoms with Crippen molar-refractivity contribution in [2.45, 2.75) is 37.5 Å². The normalized spacial score (nSPS) is 13.7. The van der Waals surface area contributed by atoms with Crippen LogP contribution in [0.5, 0.6) is 0 Å². The van der Waals surface area contributed by atoms with E-state index in [0.29, 0.717) is 0 Å². The number of nitrogens with one attached hydrogen (secondary N) is 1. The molecule has 2 aromatic carbocycles. The van der Waals surface area contributed by atoms with Gasteiger partial charge < -0.3 is 5.73 Å². The fraction of sp³-hybridized carbons (Fsp3) is 0.294. The largest absolute Gasteiger partial charge is 0.416 e. The van der Waals surface area contributed by atoms with Gasteiger partial charge in [-0.1, -0.05) is 24.3 Å². The Balaban J connectivity index is 2.16. The Kier molecular flexibility index (Phi) is 5.55. The molecule has 25 heavy (non-hydrogen) atoms. The van der Waals surface area contributed by atoms with E-state index >= 15 is 0 Å². The third-order valence-electron chi connectivity index (χ3n) is 3.76. The maximum atomic E-state index is 12.7. The zero-order valence-corrected chi connectivity index (χ0v) is 14.6. The summed E-state index contributed by atoms with van der Waals surface area (Å²) in [6.07, 6.45) is -4.51. The first-order chi connectivity index (χ1) is 11.5. The molecule has 0 aliphatic rings. The second-order valence-corrected chi connectivity index (χ2v) is 7.57. The molecule has 0 heterocycles. The van der Waals surface area contributed by atoms with Gasteiger partial charge in [-0.05, 0) is 48.7 Å². The topological polar surface area (TPSA) is 72.2 Å². The van der Waals surface area contributed by atoms with Crippen molar-refractivity contribution in [1.29, 1.82) is 0 Å². The van der Waals surface area contributed by atoms with Crippen molar-refractivity contribution >= 4 is 10.0 Å². The average molecular weight is 372 g/mol. The van der Waals surface area contributed by atoms with E-state index < -0.39 is 21.8 Å². The first kappa shape index (κ1) is 19.4. The van der Waals surface area contributed by atoms with Gasteiger partial charge in [0.25, 0.3) is 0 Å². The van der Waals surface area contributed by atoms with Crippen LogP contribution >= 0.6 is 0 Å². The van der Waals surface area contributed by atoms with E-state index in [0.717, 1.165) is 29.3 Å². The molecule has 0 saturated carbocycles. The first-order valence-electron chi connectivity index (χ1n) is 7.52. The van der Waals surface area contributed by atoms with Gasteiger partial charge in [-0.2, -0.15) is 13.2 Å². The maximum absolute atomic E-state index is 12.7. The van der Waals surface area contributed by atoms with Crippen LogP contribution in [0.25, 0.3) is 0 Å². The van der Waals surface area contributed by atoms with E-state index in [2.05, 4.69) is 4.72 Å². The molecule has 2 aromatic rings. The molecule has 2 rings (SSSR count). The summed E-state index contributed by atoms with van der Waals surface area (Å²) in [4.78, 5) is -0.173. The number of sulfonamides is 1. The van der Waals surface area contributed by atoms with Gasteiger partial charge in [-0.25, -0.2) is 13.1 Å². The molecule has 1 unspecified atom stereocenters. The van der Waals surface area contributed by atoms with Crippen LogP contribution in [-0.2, 0) is 22.7 Å². The van der Waals surface area contributed by atoms with Crippen LogP contribution in [0.2, 0.25) is 0 Å². The summed E-state index contributed by atoms with van der Waals surface area (Å²) in [6.45, 7) is 3.20. The van der Waals surface area contributed by atoms with Crippen molar-refractivity contribution in [3.63, 3.8) is 0 Å². The highest BCUT2D eigenvalue weighted by molar-refractivity contribution is 7.89. The van der Waals surface area contributed by atoms with Gasteiger partial charge in [0, 0.05) is 12.6 Å². The Bertz CT molecular complexity index is 845. The number of hydrogen-bond donors (Lipinski definition) is 2. The number of nitrogens with two attached hydrogens (primary N) is 1. The molecule has 0 amide bonds. The lowest BCUT2D eigenvalue weighted by Crippen LogP contribution is -2.24. The standard InChI is InChI=1S/C17H19F3N2O2S/c1-11-9-15(17(18,19)20)7-8-16(11)25(23,24)22-10-13-3-5-14(6-4-13)12(2)21/h3-9,12,22H,10,21H2,1-2H3. The van der Waals surface area contributed by atoms with Gasteiger partial charge >= 0.3 is 6.18 Å². The van der Waals surface area contributed by atoms with Crippen LogP contribution in [0.15, 0.2) is 47.4 Å². The SMILES string of the molecule is Cc1cc(C(F)(F)F)ccc1S(=O)(=O)NCc1ccc(C(C)N)cc1. The van der Waals surface area contributed by atoms with Crippen LogP contribution in [0.3, 0.4) is 0 Å². The number of alkyl halides is 3. The molecule has 4 nitrogen and oxygen atoms in total. The quantitative estimate of drug-likeness (QED) is 0.844. The van der Waals surface area contributed by atoms with Gasteiger partial charge in [0.1, 0.15) is 0 Å². The third kappa shape index (κ3) is 4.81. The second-order valence-electron chi connectivity index (χ2n) is 5.83. The van der Waals surface area contributed by atoms with Crippen LogP contribution in [0.4, 0.5) is 13.2 Å². The summed E-state index contributed by atoms with van der Waals surface area (Å²) in [6, 6.07) is 9.54. The minimum Gasteiger partial charge on any atom is -0.324 e. The van der Waals surface area contributed by atoms with Crippen LogP contribution in [0.1, 0.15) is 35.2 Å². The van der Waals surface area contributed by atoms with E-state index in [4.69, 9.17) is 5.73 Å². The summed E-state index contributed by atoms with van der Waals surface area (Å²) in [5.74, 6) is 0. The molecule has 0 bridgehead atoms.